The lowest BCUT2D eigenvalue weighted by molar-refractivity contribution is -0.148. The predicted molar refractivity (Wildman–Crippen MR) is 68.3 cm³/mol. The fourth-order valence-electron chi connectivity index (χ4n) is 1.77. The normalized spacial score (nSPS) is 18.9. The number of rotatable bonds is 6. The van der Waals surface area contributed by atoms with Crippen LogP contribution in [0.2, 0.25) is 0 Å². The van der Waals surface area contributed by atoms with Crippen LogP contribution < -0.4 is 10.6 Å². The third-order valence-corrected chi connectivity index (χ3v) is 3.75. The smallest absolute Gasteiger partial charge is 0.329 e. The van der Waals surface area contributed by atoms with E-state index in [0.717, 1.165) is 18.6 Å². The molecule has 6 heteroatoms. The summed E-state index contributed by atoms with van der Waals surface area (Å²) in [6.07, 6.45) is 4.80. The minimum absolute atomic E-state index is 0.0633. The molecular weight excluding hydrogens is 240 g/mol. The van der Waals surface area contributed by atoms with Gasteiger partial charge in [-0.25, -0.2) is 9.59 Å². The average Bonchev–Trinajstić information content (AvgIpc) is 2.19. The monoisotopic (exact) mass is 260 g/mol. The van der Waals surface area contributed by atoms with Crippen LogP contribution in [0.3, 0.4) is 0 Å². The van der Waals surface area contributed by atoms with E-state index in [9.17, 15) is 9.59 Å². The standard InChI is InChI=1S/C11H20N2O3S/c1-8(4-7-17-2)12-10(16)13-11(9(14)15)5-3-6-11/h8H,3-7H2,1-2H3,(H,14,15)(H2,12,13,16). The maximum absolute atomic E-state index is 11.6. The van der Waals surface area contributed by atoms with Crippen molar-refractivity contribution in [1.82, 2.24) is 10.6 Å². The summed E-state index contributed by atoms with van der Waals surface area (Å²) in [6.45, 7) is 1.92. The molecule has 1 rings (SSSR count). The van der Waals surface area contributed by atoms with Crippen molar-refractivity contribution in [2.24, 2.45) is 0 Å². The Balaban J connectivity index is 2.36. The minimum atomic E-state index is -1.02. The van der Waals surface area contributed by atoms with Gasteiger partial charge in [-0.2, -0.15) is 11.8 Å². The number of aliphatic carboxylic acids is 1. The van der Waals surface area contributed by atoms with E-state index in [0.29, 0.717) is 12.8 Å². The first kappa shape index (κ1) is 14.2. The van der Waals surface area contributed by atoms with Gasteiger partial charge in [0.1, 0.15) is 5.54 Å². The SMILES string of the molecule is CSCCC(C)NC(=O)NC1(C(=O)O)CCC1. The van der Waals surface area contributed by atoms with Crippen molar-refractivity contribution in [3.63, 3.8) is 0 Å². The molecule has 2 amide bonds. The minimum Gasteiger partial charge on any atom is -0.480 e. The van der Waals surface area contributed by atoms with E-state index in [1.165, 1.54) is 0 Å². The quantitative estimate of drug-likeness (QED) is 0.675. The van der Waals surface area contributed by atoms with Gasteiger partial charge in [0.15, 0.2) is 0 Å². The molecule has 0 heterocycles. The van der Waals surface area contributed by atoms with Crippen LogP contribution in [0.15, 0.2) is 0 Å². The van der Waals surface area contributed by atoms with Crippen LogP contribution in [0.4, 0.5) is 4.79 Å². The van der Waals surface area contributed by atoms with Crippen LogP contribution in [0, 0.1) is 0 Å². The summed E-state index contributed by atoms with van der Waals surface area (Å²) in [6, 6.07) is -0.311. The summed E-state index contributed by atoms with van der Waals surface area (Å²) in [5.41, 5.74) is -1.02. The molecule has 0 radical (unpaired) electrons. The van der Waals surface area contributed by atoms with E-state index < -0.39 is 11.5 Å². The van der Waals surface area contributed by atoms with E-state index in [1.807, 2.05) is 13.2 Å². The molecule has 98 valence electrons. The molecule has 0 aromatic carbocycles. The summed E-state index contributed by atoms with van der Waals surface area (Å²) in [5.74, 6) is 0.0431. The fourth-order valence-corrected chi connectivity index (χ4v) is 2.36. The summed E-state index contributed by atoms with van der Waals surface area (Å²) >= 11 is 1.72. The van der Waals surface area contributed by atoms with Crippen molar-refractivity contribution in [1.29, 1.82) is 0 Å². The zero-order valence-electron chi connectivity index (χ0n) is 10.3. The van der Waals surface area contributed by atoms with Crippen LogP contribution in [0.5, 0.6) is 0 Å². The fraction of sp³-hybridized carbons (Fsp3) is 0.818. The van der Waals surface area contributed by atoms with Gasteiger partial charge in [-0.15, -0.1) is 0 Å². The second-order valence-corrected chi connectivity index (χ2v) is 5.51. The van der Waals surface area contributed by atoms with Gasteiger partial charge in [-0.3, -0.25) is 0 Å². The van der Waals surface area contributed by atoms with Crippen molar-refractivity contribution < 1.29 is 14.7 Å². The van der Waals surface area contributed by atoms with Gasteiger partial charge in [0.05, 0.1) is 0 Å². The number of carboxylic acid groups (broad SMARTS) is 1. The summed E-state index contributed by atoms with van der Waals surface area (Å²) < 4.78 is 0. The Bertz CT molecular complexity index is 292. The van der Waals surface area contributed by atoms with Crippen molar-refractivity contribution >= 4 is 23.8 Å². The maximum Gasteiger partial charge on any atom is 0.329 e. The number of amides is 2. The van der Waals surface area contributed by atoms with Gasteiger partial charge in [0.2, 0.25) is 0 Å². The van der Waals surface area contributed by atoms with E-state index in [-0.39, 0.29) is 12.1 Å². The van der Waals surface area contributed by atoms with Crippen LogP contribution in [-0.4, -0.2) is 40.7 Å². The number of carboxylic acids is 1. The van der Waals surface area contributed by atoms with Crippen LogP contribution in [0.25, 0.3) is 0 Å². The second-order valence-electron chi connectivity index (χ2n) is 4.52. The van der Waals surface area contributed by atoms with E-state index in [4.69, 9.17) is 5.11 Å². The van der Waals surface area contributed by atoms with Gasteiger partial charge in [0, 0.05) is 6.04 Å². The summed E-state index contributed by atoms with van der Waals surface area (Å²) in [4.78, 5) is 22.7. The summed E-state index contributed by atoms with van der Waals surface area (Å²) in [5, 5.41) is 14.4. The highest BCUT2D eigenvalue weighted by atomic mass is 32.2. The van der Waals surface area contributed by atoms with Crippen LogP contribution in [0.1, 0.15) is 32.6 Å². The van der Waals surface area contributed by atoms with Crippen molar-refractivity contribution in [3.05, 3.63) is 0 Å². The molecule has 1 aliphatic rings. The molecular formula is C11H20N2O3S. The molecule has 0 aliphatic heterocycles. The van der Waals surface area contributed by atoms with E-state index in [2.05, 4.69) is 10.6 Å². The zero-order chi connectivity index (χ0) is 12.9. The zero-order valence-corrected chi connectivity index (χ0v) is 11.1. The first-order valence-corrected chi connectivity index (χ1v) is 7.20. The Hall–Kier alpha value is -0.910. The second kappa shape index (κ2) is 6.14. The molecule has 17 heavy (non-hydrogen) atoms. The number of hydrogen-bond acceptors (Lipinski definition) is 3. The molecule has 0 bridgehead atoms. The van der Waals surface area contributed by atoms with Crippen molar-refractivity contribution in [2.75, 3.05) is 12.0 Å². The van der Waals surface area contributed by atoms with Gasteiger partial charge in [-0.05, 0) is 44.6 Å². The Morgan fingerprint density at radius 2 is 2.12 bits per heavy atom. The van der Waals surface area contributed by atoms with Crippen molar-refractivity contribution in [3.8, 4) is 0 Å². The molecule has 3 N–H and O–H groups in total. The number of nitrogens with one attached hydrogen (secondary N) is 2. The highest BCUT2D eigenvalue weighted by Crippen LogP contribution is 2.31. The third-order valence-electron chi connectivity index (χ3n) is 3.10. The lowest BCUT2D eigenvalue weighted by Crippen LogP contribution is -2.61. The molecule has 5 nitrogen and oxygen atoms in total. The number of carbonyl (C=O) groups is 2. The first-order valence-electron chi connectivity index (χ1n) is 5.81. The number of thioether (sulfide) groups is 1. The Morgan fingerprint density at radius 1 is 1.47 bits per heavy atom. The molecule has 1 aliphatic carbocycles. The lowest BCUT2D eigenvalue weighted by Gasteiger charge is -2.38. The lowest BCUT2D eigenvalue weighted by atomic mass is 9.77. The summed E-state index contributed by atoms with van der Waals surface area (Å²) in [7, 11) is 0. The molecule has 1 saturated carbocycles. The van der Waals surface area contributed by atoms with Gasteiger partial charge >= 0.3 is 12.0 Å². The van der Waals surface area contributed by atoms with Crippen molar-refractivity contribution in [2.45, 2.75) is 44.2 Å². The Morgan fingerprint density at radius 3 is 2.53 bits per heavy atom. The first-order chi connectivity index (χ1) is 8.00. The van der Waals surface area contributed by atoms with E-state index >= 15 is 0 Å². The molecule has 1 atom stereocenters. The number of hydrogen-bond donors (Lipinski definition) is 3. The number of carbonyl (C=O) groups excluding carboxylic acids is 1. The highest BCUT2D eigenvalue weighted by Gasteiger charge is 2.45. The van der Waals surface area contributed by atoms with Gasteiger partial charge in [-0.1, -0.05) is 0 Å². The predicted octanol–water partition coefficient (Wildman–Crippen LogP) is 1.43. The number of urea groups is 1. The van der Waals surface area contributed by atoms with E-state index in [1.54, 1.807) is 11.8 Å². The van der Waals surface area contributed by atoms with Gasteiger partial charge < -0.3 is 15.7 Å². The van der Waals surface area contributed by atoms with Crippen LogP contribution >= 0.6 is 11.8 Å². The largest absolute Gasteiger partial charge is 0.480 e. The molecule has 1 unspecified atom stereocenters. The highest BCUT2D eigenvalue weighted by molar-refractivity contribution is 7.98. The molecule has 0 saturated heterocycles. The maximum atomic E-state index is 11.6. The molecule has 0 spiro atoms. The average molecular weight is 260 g/mol. The Labute approximate surface area is 106 Å². The molecule has 0 aromatic rings. The van der Waals surface area contributed by atoms with Crippen LogP contribution in [-0.2, 0) is 4.79 Å². The molecule has 0 aromatic heterocycles. The topological polar surface area (TPSA) is 78.4 Å². The van der Waals surface area contributed by atoms with Gasteiger partial charge in [0.25, 0.3) is 0 Å². The molecule has 1 fully saturated rings. The Kier molecular flexibility index (Phi) is 5.11. The third kappa shape index (κ3) is 3.80.